The van der Waals surface area contributed by atoms with Crippen molar-refractivity contribution in [2.45, 2.75) is 36.5 Å². The van der Waals surface area contributed by atoms with Crippen LogP contribution in [0.3, 0.4) is 0 Å². The number of nitrogens with zero attached hydrogens (tertiary/aromatic N) is 2. The first-order chi connectivity index (χ1) is 13.9. The van der Waals surface area contributed by atoms with E-state index in [1.165, 1.54) is 21.6 Å². The van der Waals surface area contributed by atoms with Crippen molar-refractivity contribution >= 4 is 33.4 Å². The molecule has 1 N–H and O–H groups in total. The molecule has 1 heterocycles. The third kappa shape index (κ3) is 5.68. The fourth-order valence-electron chi connectivity index (χ4n) is 2.97. The van der Waals surface area contributed by atoms with Crippen LogP contribution in [0.1, 0.15) is 30.9 Å². The largest absolute Gasteiger partial charge is 0.272 e. The van der Waals surface area contributed by atoms with Gasteiger partial charge in [0.25, 0.3) is 0 Å². The number of aryl methyl sites for hydroxylation is 1. The van der Waals surface area contributed by atoms with Crippen LogP contribution < -0.4 is 5.43 Å². The quantitative estimate of drug-likeness (QED) is 0.414. The maximum Gasteiger partial charge on any atom is 0.250 e. The molecule has 0 spiro atoms. The van der Waals surface area contributed by atoms with Crippen molar-refractivity contribution in [1.82, 2.24) is 9.73 Å². The Morgan fingerprint density at radius 2 is 1.69 bits per heavy atom. The molecule has 0 radical (unpaired) electrons. The predicted octanol–water partition coefficient (Wildman–Crippen LogP) is 3.41. The van der Waals surface area contributed by atoms with Crippen molar-refractivity contribution in [2.75, 3.05) is 18.8 Å². The first-order valence-corrected chi connectivity index (χ1v) is 11.9. The minimum Gasteiger partial charge on any atom is -0.272 e. The molecular weight excluding hydrogens is 406 g/mol. The Hall–Kier alpha value is -2.16. The van der Waals surface area contributed by atoms with Crippen LogP contribution in [-0.4, -0.2) is 43.2 Å². The van der Waals surface area contributed by atoms with Gasteiger partial charge in [0, 0.05) is 18.0 Å². The van der Waals surface area contributed by atoms with Crippen LogP contribution in [0.25, 0.3) is 0 Å². The first kappa shape index (κ1) is 21.5. The summed E-state index contributed by atoms with van der Waals surface area (Å²) in [5, 5.41) is 4.13. The number of thioether (sulfide) groups is 1. The van der Waals surface area contributed by atoms with Gasteiger partial charge >= 0.3 is 0 Å². The summed E-state index contributed by atoms with van der Waals surface area (Å²) in [7, 11) is -3.42. The number of carbonyl (C=O) groups excluding carboxylic acids is 1. The summed E-state index contributed by atoms with van der Waals surface area (Å²) in [6.45, 7) is 4.96. The van der Waals surface area contributed by atoms with E-state index in [9.17, 15) is 13.2 Å². The number of hydrazone groups is 1. The lowest BCUT2D eigenvalue weighted by Gasteiger charge is -2.15. The summed E-state index contributed by atoms with van der Waals surface area (Å²) < 4.78 is 26.7. The van der Waals surface area contributed by atoms with Gasteiger partial charge < -0.3 is 0 Å². The highest BCUT2D eigenvalue weighted by Gasteiger charge is 2.26. The van der Waals surface area contributed by atoms with Gasteiger partial charge in [-0.3, -0.25) is 4.79 Å². The summed E-state index contributed by atoms with van der Waals surface area (Å²) in [5.41, 5.74) is 5.11. The number of hydrogen-bond acceptors (Lipinski definition) is 5. The predicted molar refractivity (Wildman–Crippen MR) is 117 cm³/mol. The third-order valence-electron chi connectivity index (χ3n) is 4.71. The molecule has 0 bridgehead atoms. The van der Waals surface area contributed by atoms with E-state index < -0.39 is 10.0 Å². The molecule has 2 aromatic rings. The average Bonchev–Trinajstić information content (AvgIpc) is 3.27. The van der Waals surface area contributed by atoms with E-state index in [1.54, 1.807) is 31.2 Å². The normalized spacial score (nSPS) is 15.4. The van der Waals surface area contributed by atoms with Gasteiger partial charge in [-0.1, -0.05) is 29.8 Å². The van der Waals surface area contributed by atoms with Crippen molar-refractivity contribution in [2.24, 2.45) is 5.10 Å². The fourth-order valence-corrected chi connectivity index (χ4v) is 5.18. The molecular formula is C21H25N3O3S2. The molecule has 1 amide bonds. The molecule has 1 aliphatic heterocycles. The Balaban J connectivity index is 1.56. The molecule has 6 nitrogen and oxygen atoms in total. The molecule has 0 aromatic heterocycles. The molecule has 1 fully saturated rings. The van der Waals surface area contributed by atoms with E-state index >= 15 is 0 Å². The second-order valence-corrected chi connectivity index (χ2v) is 9.96. The van der Waals surface area contributed by atoms with Gasteiger partial charge in [-0.25, -0.2) is 13.8 Å². The van der Waals surface area contributed by atoms with E-state index in [-0.39, 0.29) is 16.6 Å². The molecule has 8 heteroatoms. The zero-order valence-electron chi connectivity index (χ0n) is 16.6. The van der Waals surface area contributed by atoms with E-state index in [2.05, 4.69) is 10.5 Å². The lowest BCUT2D eigenvalue weighted by atomic mass is 10.1. The van der Waals surface area contributed by atoms with Gasteiger partial charge in [0.15, 0.2) is 0 Å². The molecule has 0 atom stereocenters. The van der Waals surface area contributed by atoms with Crippen LogP contribution in [0.15, 0.2) is 63.4 Å². The summed E-state index contributed by atoms with van der Waals surface area (Å²) >= 11 is 1.45. The van der Waals surface area contributed by atoms with E-state index in [1.807, 2.05) is 31.2 Å². The zero-order valence-corrected chi connectivity index (χ0v) is 18.2. The number of nitrogens with one attached hydrogen (secondary N) is 1. The molecule has 29 heavy (non-hydrogen) atoms. The molecule has 1 saturated heterocycles. The third-order valence-corrected chi connectivity index (χ3v) is 7.64. The van der Waals surface area contributed by atoms with Crippen molar-refractivity contribution in [3.8, 4) is 0 Å². The minimum atomic E-state index is -3.42. The van der Waals surface area contributed by atoms with Crippen molar-refractivity contribution in [3.63, 3.8) is 0 Å². The number of rotatable bonds is 7. The highest BCUT2D eigenvalue weighted by atomic mass is 32.2. The average molecular weight is 432 g/mol. The van der Waals surface area contributed by atoms with Crippen molar-refractivity contribution < 1.29 is 13.2 Å². The molecule has 154 valence electrons. The van der Waals surface area contributed by atoms with Crippen LogP contribution in [0, 0.1) is 6.92 Å². The van der Waals surface area contributed by atoms with Crippen LogP contribution in [0.2, 0.25) is 0 Å². The molecule has 3 rings (SSSR count). The topological polar surface area (TPSA) is 78.8 Å². The highest BCUT2D eigenvalue weighted by Crippen LogP contribution is 2.21. The van der Waals surface area contributed by atoms with Gasteiger partial charge in [0.05, 0.1) is 16.4 Å². The fraction of sp³-hybridized carbons (Fsp3) is 0.333. The number of hydrogen-bond donors (Lipinski definition) is 1. The van der Waals surface area contributed by atoms with Gasteiger partial charge in [0.1, 0.15) is 0 Å². The Kier molecular flexibility index (Phi) is 7.10. The Morgan fingerprint density at radius 3 is 2.31 bits per heavy atom. The highest BCUT2D eigenvalue weighted by molar-refractivity contribution is 8.00. The molecule has 1 aliphatic rings. The zero-order chi connectivity index (χ0) is 20.9. The second kappa shape index (κ2) is 9.56. The van der Waals surface area contributed by atoms with E-state index in [4.69, 9.17) is 0 Å². The summed E-state index contributed by atoms with van der Waals surface area (Å²) in [6.07, 6.45) is 1.82. The van der Waals surface area contributed by atoms with Gasteiger partial charge in [-0.15, -0.1) is 11.8 Å². The molecule has 0 unspecified atom stereocenters. The van der Waals surface area contributed by atoms with E-state index in [0.29, 0.717) is 18.8 Å². The van der Waals surface area contributed by atoms with Crippen LogP contribution in [0.4, 0.5) is 0 Å². The summed E-state index contributed by atoms with van der Waals surface area (Å²) in [6, 6.07) is 14.6. The number of carbonyl (C=O) groups is 1. The number of sulfonamides is 1. The monoisotopic (exact) mass is 431 g/mol. The van der Waals surface area contributed by atoms with Crippen LogP contribution in [0.5, 0.6) is 0 Å². The van der Waals surface area contributed by atoms with Crippen molar-refractivity contribution in [3.05, 3.63) is 59.7 Å². The Labute approximate surface area is 176 Å². The second-order valence-electron chi connectivity index (χ2n) is 6.97. The number of benzene rings is 2. The maximum absolute atomic E-state index is 12.6. The first-order valence-electron chi connectivity index (χ1n) is 9.49. The van der Waals surface area contributed by atoms with E-state index in [0.717, 1.165) is 23.3 Å². The summed E-state index contributed by atoms with van der Waals surface area (Å²) in [5.74, 6) is 0.0792. The molecule has 2 aromatic carbocycles. The SMILES string of the molecule is C/C(=N/NC(=O)CSc1ccc(C)cc1)c1ccc(S(=O)(=O)N2CCCC2)cc1. The van der Waals surface area contributed by atoms with Gasteiger partial charge in [0.2, 0.25) is 15.9 Å². The lowest BCUT2D eigenvalue weighted by molar-refractivity contribution is -0.118. The summed E-state index contributed by atoms with van der Waals surface area (Å²) in [4.78, 5) is 13.3. The molecule has 0 aliphatic carbocycles. The van der Waals surface area contributed by atoms with Gasteiger partial charge in [-0.2, -0.15) is 9.41 Å². The van der Waals surface area contributed by atoms with Crippen LogP contribution in [-0.2, 0) is 14.8 Å². The maximum atomic E-state index is 12.6. The smallest absolute Gasteiger partial charge is 0.250 e. The lowest BCUT2D eigenvalue weighted by Crippen LogP contribution is -2.27. The van der Waals surface area contributed by atoms with Crippen LogP contribution >= 0.6 is 11.8 Å². The van der Waals surface area contributed by atoms with Gasteiger partial charge in [-0.05, 0) is 56.5 Å². The Bertz CT molecular complexity index is 979. The van der Waals surface area contributed by atoms with Crippen molar-refractivity contribution in [1.29, 1.82) is 0 Å². The Morgan fingerprint density at radius 1 is 1.07 bits per heavy atom. The minimum absolute atomic E-state index is 0.192. The standard InChI is InChI=1S/C21H25N3O3S2/c1-16-5-9-19(10-6-16)28-15-21(25)23-22-17(2)18-7-11-20(12-8-18)29(26,27)24-13-3-4-14-24/h5-12H,3-4,13-15H2,1-2H3,(H,23,25)/b22-17-. The molecule has 0 saturated carbocycles. The number of amides is 1.